The molecule has 0 saturated heterocycles. The van der Waals surface area contributed by atoms with Crippen molar-refractivity contribution in [3.05, 3.63) is 30.3 Å². The van der Waals surface area contributed by atoms with Crippen molar-refractivity contribution < 1.29 is 8.78 Å². The lowest BCUT2D eigenvalue weighted by Gasteiger charge is -2.29. The van der Waals surface area contributed by atoms with Crippen LogP contribution in [0.4, 0.5) is 8.78 Å². The Bertz CT molecular complexity index is 427. The van der Waals surface area contributed by atoms with Crippen LogP contribution in [0.2, 0.25) is 0 Å². The molecule has 1 aromatic carbocycles. The highest BCUT2D eigenvalue weighted by molar-refractivity contribution is 8.00. The molecule has 2 rings (SSSR count). The summed E-state index contributed by atoms with van der Waals surface area (Å²) in [5, 5.41) is -2.79. The first-order valence-electron chi connectivity index (χ1n) is 6.83. The Kier molecular flexibility index (Phi) is 5.03. The molecule has 1 fully saturated rings. The van der Waals surface area contributed by atoms with Gasteiger partial charge in [-0.2, -0.15) is 8.78 Å². The van der Waals surface area contributed by atoms with E-state index in [0.29, 0.717) is 16.7 Å². The third-order valence-corrected chi connectivity index (χ3v) is 4.96. The van der Waals surface area contributed by atoms with Crippen LogP contribution in [0.1, 0.15) is 33.6 Å². The van der Waals surface area contributed by atoms with E-state index in [9.17, 15) is 8.78 Å². The van der Waals surface area contributed by atoms with Gasteiger partial charge in [-0.3, -0.25) is 4.72 Å². The Morgan fingerprint density at radius 1 is 1.15 bits per heavy atom. The van der Waals surface area contributed by atoms with Crippen molar-refractivity contribution >= 4 is 23.7 Å². The number of hydrogen-bond acceptors (Lipinski definition) is 3. The molecule has 1 N–H and O–H groups in total. The van der Waals surface area contributed by atoms with Crippen molar-refractivity contribution in [3.63, 3.8) is 0 Å². The Morgan fingerprint density at radius 2 is 1.75 bits per heavy atom. The van der Waals surface area contributed by atoms with Gasteiger partial charge in [-0.25, -0.2) is 0 Å². The van der Waals surface area contributed by atoms with Crippen LogP contribution in [0.25, 0.3) is 0 Å². The van der Waals surface area contributed by atoms with Crippen molar-refractivity contribution in [2.24, 2.45) is 5.92 Å². The second kappa shape index (κ2) is 6.24. The van der Waals surface area contributed by atoms with Gasteiger partial charge in [0, 0.05) is 9.64 Å². The fourth-order valence-electron chi connectivity index (χ4n) is 1.82. The molecule has 1 unspecified atom stereocenters. The zero-order chi connectivity index (χ0) is 14.8. The van der Waals surface area contributed by atoms with Crippen molar-refractivity contribution in [1.82, 2.24) is 4.72 Å². The average molecular weight is 317 g/mol. The second-order valence-electron chi connectivity index (χ2n) is 6.12. The van der Waals surface area contributed by atoms with E-state index in [-0.39, 0.29) is 10.7 Å². The van der Waals surface area contributed by atoms with E-state index in [1.54, 1.807) is 24.3 Å². The van der Waals surface area contributed by atoms with Gasteiger partial charge in [0.15, 0.2) is 0 Å². The zero-order valence-electron chi connectivity index (χ0n) is 12.0. The summed E-state index contributed by atoms with van der Waals surface area (Å²) in [6, 6.07) is 8.13. The average Bonchev–Trinajstić information content (AvgIpc) is 3.12. The van der Waals surface area contributed by atoms with Crippen molar-refractivity contribution in [2.75, 3.05) is 0 Å². The van der Waals surface area contributed by atoms with E-state index in [4.69, 9.17) is 0 Å². The lowest BCUT2D eigenvalue weighted by Crippen LogP contribution is -2.43. The molecule has 0 aliphatic heterocycles. The minimum atomic E-state index is -2.79. The van der Waals surface area contributed by atoms with Crippen LogP contribution in [-0.2, 0) is 0 Å². The molecule has 0 heterocycles. The van der Waals surface area contributed by atoms with Gasteiger partial charge in [0.05, 0.1) is 6.04 Å². The van der Waals surface area contributed by atoms with Gasteiger partial charge in [0.2, 0.25) is 0 Å². The molecule has 1 aromatic rings. The van der Waals surface area contributed by atoms with Crippen molar-refractivity contribution in [3.8, 4) is 0 Å². The Morgan fingerprint density at radius 3 is 2.25 bits per heavy atom. The van der Waals surface area contributed by atoms with Gasteiger partial charge in [-0.05, 0) is 51.7 Å². The summed E-state index contributed by atoms with van der Waals surface area (Å²) in [7, 11) is 0. The smallest absolute Gasteiger partial charge is 0.253 e. The molecule has 0 spiro atoms. The van der Waals surface area contributed by atoms with Crippen LogP contribution in [0.15, 0.2) is 35.2 Å². The first kappa shape index (κ1) is 16.1. The SMILES string of the molecule is CC(C)(C)SNC(C1CC1)C(F)(F)Sc1ccccc1. The number of alkyl halides is 2. The summed E-state index contributed by atoms with van der Waals surface area (Å²) in [6.07, 6.45) is 1.79. The molecule has 5 heteroatoms. The Hall–Kier alpha value is -0.260. The monoisotopic (exact) mass is 317 g/mol. The maximum atomic E-state index is 14.5. The molecule has 1 saturated carbocycles. The van der Waals surface area contributed by atoms with Crippen molar-refractivity contribution in [1.29, 1.82) is 0 Å². The number of thioether (sulfide) groups is 1. The lowest BCUT2D eigenvalue weighted by atomic mass is 10.2. The second-order valence-corrected chi connectivity index (χ2v) is 9.01. The van der Waals surface area contributed by atoms with E-state index < -0.39 is 11.3 Å². The molecule has 20 heavy (non-hydrogen) atoms. The Balaban J connectivity index is 2.03. The third kappa shape index (κ3) is 4.93. The largest absolute Gasteiger partial charge is 0.314 e. The highest BCUT2D eigenvalue weighted by atomic mass is 32.2. The van der Waals surface area contributed by atoms with Gasteiger partial charge in [0.1, 0.15) is 0 Å². The highest BCUT2D eigenvalue weighted by Crippen LogP contribution is 2.48. The highest BCUT2D eigenvalue weighted by Gasteiger charge is 2.49. The fraction of sp³-hybridized carbons (Fsp3) is 0.600. The molecule has 0 amide bonds. The lowest BCUT2D eigenvalue weighted by molar-refractivity contribution is 0.0607. The number of rotatable bonds is 6. The van der Waals surface area contributed by atoms with Crippen LogP contribution in [0.3, 0.4) is 0 Å². The molecule has 0 aromatic heterocycles. The van der Waals surface area contributed by atoms with E-state index in [1.165, 1.54) is 11.9 Å². The van der Waals surface area contributed by atoms with Crippen LogP contribution in [-0.4, -0.2) is 16.0 Å². The molecular weight excluding hydrogens is 296 g/mol. The van der Waals surface area contributed by atoms with Crippen LogP contribution < -0.4 is 4.72 Å². The van der Waals surface area contributed by atoms with Crippen molar-refractivity contribution in [2.45, 2.75) is 54.6 Å². The van der Waals surface area contributed by atoms with E-state index in [0.717, 1.165) is 12.8 Å². The quantitative estimate of drug-likeness (QED) is 0.573. The van der Waals surface area contributed by atoms with E-state index >= 15 is 0 Å². The van der Waals surface area contributed by atoms with Crippen LogP contribution in [0.5, 0.6) is 0 Å². The summed E-state index contributed by atoms with van der Waals surface area (Å²) in [6.45, 7) is 6.07. The van der Waals surface area contributed by atoms with Gasteiger partial charge in [0.25, 0.3) is 0 Å². The summed E-state index contributed by atoms with van der Waals surface area (Å²) >= 11 is 2.07. The first-order valence-corrected chi connectivity index (χ1v) is 8.47. The van der Waals surface area contributed by atoms with Gasteiger partial charge < -0.3 is 0 Å². The summed E-state index contributed by atoms with van der Waals surface area (Å²) in [5.41, 5.74) is 0. The molecule has 1 atom stereocenters. The van der Waals surface area contributed by atoms with Crippen LogP contribution in [0, 0.1) is 5.92 Å². The van der Waals surface area contributed by atoms with Gasteiger partial charge in [-0.15, -0.1) is 0 Å². The third-order valence-electron chi connectivity index (χ3n) is 2.94. The normalized spacial score (nSPS) is 18.1. The first-order chi connectivity index (χ1) is 9.28. The predicted octanol–water partition coefficient (Wildman–Crippen LogP) is 5.19. The molecule has 112 valence electrons. The predicted molar refractivity (Wildman–Crippen MR) is 84.2 cm³/mol. The zero-order valence-corrected chi connectivity index (χ0v) is 13.7. The Labute approximate surface area is 128 Å². The van der Waals surface area contributed by atoms with E-state index in [1.807, 2.05) is 26.8 Å². The van der Waals surface area contributed by atoms with Crippen LogP contribution >= 0.6 is 23.7 Å². The number of halogens is 2. The topological polar surface area (TPSA) is 12.0 Å². The van der Waals surface area contributed by atoms with Gasteiger partial charge in [-0.1, -0.05) is 41.9 Å². The molecule has 1 aliphatic carbocycles. The molecule has 1 nitrogen and oxygen atoms in total. The minimum absolute atomic E-state index is 0.0688. The molecule has 0 bridgehead atoms. The van der Waals surface area contributed by atoms with E-state index in [2.05, 4.69) is 4.72 Å². The minimum Gasteiger partial charge on any atom is -0.253 e. The molecule has 0 radical (unpaired) electrons. The number of hydrogen-bond donors (Lipinski definition) is 1. The van der Waals surface area contributed by atoms with Gasteiger partial charge >= 0.3 is 5.25 Å². The summed E-state index contributed by atoms with van der Waals surface area (Å²) in [5.74, 6) is 0.0936. The molecular formula is C15H21F2NS2. The standard InChI is InChI=1S/C15H21F2NS2/c1-14(2,3)20-18-13(11-9-10-11)15(16,17)19-12-7-5-4-6-8-12/h4-8,11,13,18H,9-10H2,1-3H3. The number of nitrogens with one attached hydrogen (secondary N) is 1. The fourth-order valence-corrected chi connectivity index (χ4v) is 3.70. The number of benzene rings is 1. The summed E-state index contributed by atoms with van der Waals surface area (Å²) in [4.78, 5) is 0.616. The molecule has 1 aliphatic rings. The summed E-state index contributed by atoms with van der Waals surface area (Å²) < 4.78 is 32.0. The maximum Gasteiger partial charge on any atom is 0.314 e. The maximum absolute atomic E-state index is 14.5.